The lowest BCUT2D eigenvalue weighted by molar-refractivity contribution is -0.119. The Morgan fingerprint density at radius 1 is 1.04 bits per heavy atom. The van der Waals surface area contributed by atoms with Gasteiger partial charge in [-0.15, -0.1) is 21.5 Å². The van der Waals surface area contributed by atoms with Gasteiger partial charge >= 0.3 is 0 Å². The number of rotatable bonds is 9. The maximum absolute atomic E-state index is 11.9. The number of hydrogen-bond acceptors (Lipinski definition) is 8. The van der Waals surface area contributed by atoms with Crippen LogP contribution < -0.4 is 10.9 Å². The quantitative estimate of drug-likeness (QED) is 0.398. The van der Waals surface area contributed by atoms with Crippen LogP contribution in [0.4, 0.5) is 0 Å². The van der Waals surface area contributed by atoms with Crippen LogP contribution >= 0.6 is 46.2 Å². The van der Waals surface area contributed by atoms with Crippen molar-refractivity contribution in [1.82, 2.24) is 21.0 Å². The summed E-state index contributed by atoms with van der Waals surface area (Å²) in [5.74, 6) is 0.986. The minimum Gasteiger partial charge on any atom is -0.298 e. The SMILES string of the molecule is C=C(NNC(=O)CSc1nnc(SCc2ccccc2)s1)c1cccs1. The second kappa shape index (κ2) is 9.77. The lowest BCUT2D eigenvalue weighted by Crippen LogP contribution is -2.36. The van der Waals surface area contributed by atoms with E-state index in [-0.39, 0.29) is 11.7 Å². The number of thiophene rings is 1. The van der Waals surface area contributed by atoms with E-state index in [0.29, 0.717) is 5.70 Å². The average molecular weight is 421 g/mol. The number of carbonyl (C=O) groups is 1. The molecule has 0 fully saturated rings. The molecule has 0 radical (unpaired) electrons. The maximum atomic E-state index is 11.9. The van der Waals surface area contributed by atoms with Gasteiger partial charge in [-0.2, -0.15) is 0 Å². The van der Waals surface area contributed by atoms with Crippen molar-refractivity contribution in [3.8, 4) is 0 Å². The summed E-state index contributed by atoms with van der Waals surface area (Å²) in [6, 6.07) is 14.1. The highest BCUT2D eigenvalue weighted by atomic mass is 32.2. The van der Waals surface area contributed by atoms with E-state index in [1.807, 2.05) is 35.7 Å². The minimum absolute atomic E-state index is 0.138. The van der Waals surface area contributed by atoms with Gasteiger partial charge in [0.05, 0.1) is 16.3 Å². The van der Waals surface area contributed by atoms with Crippen molar-refractivity contribution >= 4 is 57.8 Å². The standard InChI is InChI=1S/C17H16N4OS4/c1-12(14-8-5-9-23-14)18-19-15(22)11-25-17-21-20-16(26-17)24-10-13-6-3-2-4-7-13/h2-9,18H,1,10-11H2,(H,19,22). The van der Waals surface area contributed by atoms with Crippen molar-refractivity contribution in [3.05, 3.63) is 64.9 Å². The molecular formula is C17H16N4OS4. The largest absolute Gasteiger partial charge is 0.298 e. The van der Waals surface area contributed by atoms with Gasteiger partial charge in [0.1, 0.15) is 0 Å². The predicted octanol–water partition coefficient (Wildman–Crippen LogP) is 4.28. The fourth-order valence-electron chi connectivity index (χ4n) is 1.85. The zero-order valence-corrected chi connectivity index (χ0v) is 16.9. The molecule has 0 saturated heterocycles. The second-order valence-corrected chi connectivity index (χ2v) is 9.40. The van der Waals surface area contributed by atoms with Crippen LogP contribution in [0.5, 0.6) is 0 Å². The summed E-state index contributed by atoms with van der Waals surface area (Å²) in [4.78, 5) is 12.9. The number of aromatic nitrogens is 2. The van der Waals surface area contributed by atoms with Gasteiger partial charge in [-0.05, 0) is 17.0 Å². The molecular weight excluding hydrogens is 404 g/mol. The normalized spacial score (nSPS) is 10.5. The van der Waals surface area contributed by atoms with Gasteiger partial charge in [-0.1, -0.05) is 77.8 Å². The van der Waals surface area contributed by atoms with E-state index in [1.54, 1.807) is 23.1 Å². The number of benzene rings is 1. The second-order valence-electron chi connectivity index (χ2n) is 5.03. The van der Waals surface area contributed by atoms with Crippen molar-refractivity contribution in [2.45, 2.75) is 14.4 Å². The Kier molecular flexibility index (Phi) is 7.13. The zero-order chi connectivity index (χ0) is 18.2. The van der Waals surface area contributed by atoms with Crippen LogP contribution in [-0.4, -0.2) is 21.9 Å². The molecule has 2 aromatic heterocycles. The lowest BCUT2D eigenvalue weighted by Gasteiger charge is -2.08. The van der Waals surface area contributed by atoms with Crippen LogP contribution in [0, 0.1) is 0 Å². The molecule has 0 bridgehead atoms. The Labute approximate surface area is 168 Å². The van der Waals surface area contributed by atoms with Gasteiger partial charge in [-0.3, -0.25) is 15.6 Å². The molecule has 9 heteroatoms. The molecule has 2 heterocycles. The number of carbonyl (C=O) groups excluding carboxylic acids is 1. The predicted molar refractivity (Wildman–Crippen MR) is 111 cm³/mol. The highest BCUT2D eigenvalue weighted by Gasteiger charge is 2.09. The molecule has 0 aliphatic heterocycles. The number of nitrogens with one attached hydrogen (secondary N) is 2. The van der Waals surface area contributed by atoms with E-state index in [2.05, 4.69) is 39.8 Å². The summed E-state index contributed by atoms with van der Waals surface area (Å²) in [5.41, 5.74) is 7.40. The van der Waals surface area contributed by atoms with E-state index in [1.165, 1.54) is 28.7 Å². The first-order valence-electron chi connectivity index (χ1n) is 7.61. The molecule has 1 aromatic carbocycles. The molecule has 0 saturated carbocycles. The molecule has 3 aromatic rings. The Balaban J connectivity index is 1.38. The van der Waals surface area contributed by atoms with Gasteiger partial charge in [-0.25, -0.2) is 0 Å². The Morgan fingerprint density at radius 3 is 2.54 bits per heavy atom. The zero-order valence-electron chi connectivity index (χ0n) is 13.7. The van der Waals surface area contributed by atoms with Gasteiger partial charge in [0.15, 0.2) is 8.68 Å². The molecule has 26 heavy (non-hydrogen) atoms. The van der Waals surface area contributed by atoms with Crippen LogP contribution in [0.25, 0.3) is 5.70 Å². The smallest absolute Gasteiger partial charge is 0.248 e. The number of thioether (sulfide) groups is 2. The molecule has 5 nitrogen and oxygen atoms in total. The van der Waals surface area contributed by atoms with Crippen LogP contribution in [0.3, 0.4) is 0 Å². The van der Waals surface area contributed by atoms with Gasteiger partial charge in [0.2, 0.25) is 5.91 Å². The van der Waals surface area contributed by atoms with Crippen LogP contribution in [0.15, 0.2) is 63.1 Å². The summed E-state index contributed by atoms with van der Waals surface area (Å²) in [6.45, 7) is 3.89. The van der Waals surface area contributed by atoms with E-state index in [9.17, 15) is 4.79 Å². The highest BCUT2D eigenvalue weighted by Crippen LogP contribution is 2.30. The van der Waals surface area contributed by atoms with Crippen molar-refractivity contribution in [1.29, 1.82) is 0 Å². The molecule has 2 N–H and O–H groups in total. The third-order valence-corrected chi connectivity index (χ3v) is 7.28. The molecule has 0 spiro atoms. The summed E-state index contributed by atoms with van der Waals surface area (Å²) in [5, 5.41) is 10.3. The van der Waals surface area contributed by atoms with Crippen molar-refractivity contribution < 1.29 is 4.79 Å². The minimum atomic E-state index is -0.138. The molecule has 0 atom stereocenters. The number of hydrogen-bond donors (Lipinski definition) is 2. The summed E-state index contributed by atoms with van der Waals surface area (Å²) < 4.78 is 1.69. The molecule has 0 unspecified atom stereocenters. The monoisotopic (exact) mass is 420 g/mol. The van der Waals surface area contributed by atoms with Gasteiger partial charge in [0.25, 0.3) is 0 Å². The first-order valence-corrected chi connectivity index (χ1v) is 11.3. The Morgan fingerprint density at radius 2 is 1.81 bits per heavy atom. The third-order valence-electron chi connectivity index (χ3n) is 3.09. The van der Waals surface area contributed by atoms with E-state index >= 15 is 0 Å². The summed E-state index contributed by atoms with van der Waals surface area (Å²) >= 11 is 6.09. The number of amides is 1. The van der Waals surface area contributed by atoms with Crippen LogP contribution in [-0.2, 0) is 10.5 Å². The molecule has 134 valence electrons. The molecule has 0 aliphatic carbocycles. The topological polar surface area (TPSA) is 66.9 Å². The lowest BCUT2D eigenvalue weighted by atomic mass is 10.2. The first kappa shape index (κ1) is 19.0. The van der Waals surface area contributed by atoms with Gasteiger partial charge in [0, 0.05) is 5.75 Å². The average Bonchev–Trinajstić information content (AvgIpc) is 3.35. The highest BCUT2D eigenvalue weighted by molar-refractivity contribution is 8.03. The van der Waals surface area contributed by atoms with Crippen LogP contribution in [0.1, 0.15) is 10.4 Å². The Hall–Kier alpha value is -1.81. The maximum Gasteiger partial charge on any atom is 0.248 e. The fourth-order valence-corrected chi connectivity index (χ4v) is 5.28. The Bertz CT molecular complexity index is 849. The van der Waals surface area contributed by atoms with Crippen molar-refractivity contribution in [2.24, 2.45) is 0 Å². The molecule has 1 amide bonds. The molecule has 0 aliphatic rings. The first-order chi connectivity index (χ1) is 12.7. The van der Waals surface area contributed by atoms with E-state index in [0.717, 1.165) is 19.3 Å². The third kappa shape index (κ3) is 5.87. The number of nitrogens with zero attached hydrogens (tertiary/aromatic N) is 2. The number of hydrazine groups is 1. The van der Waals surface area contributed by atoms with Crippen LogP contribution in [0.2, 0.25) is 0 Å². The summed E-state index contributed by atoms with van der Waals surface area (Å²) in [7, 11) is 0. The van der Waals surface area contributed by atoms with Gasteiger partial charge < -0.3 is 0 Å². The van der Waals surface area contributed by atoms with Crippen molar-refractivity contribution in [2.75, 3.05) is 5.75 Å². The van der Waals surface area contributed by atoms with Crippen molar-refractivity contribution in [3.63, 3.8) is 0 Å². The van der Waals surface area contributed by atoms with E-state index < -0.39 is 0 Å². The summed E-state index contributed by atoms with van der Waals surface area (Å²) in [6.07, 6.45) is 0. The van der Waals surface area contributed by atoms with E-state index in [4.69, 9.17) is 0 Å². The fraction of sp³-hybridized carbons (Fsp3) is 0.118. The molecule has 3 rings (SSSR count).